The third-order valence-corrected chi connectivity index (χ3v) is 3.81. The zero-order valence-corrected chi connectivity index (χ0v) is 12.3. The molecule has 1 aromatic heterocycles. The van der Waals surface area contributed by atoms with Crippen molar-refractivity contribution in [1.29, 1.82) is 0 Å². The molecule has 0 aliphatic carbocycles. The molecule has 0 atom stereocenters. The number of aromatic nitrogens is 2. The van der Waals surface area contributed by atoms with Crippen LogP contribution in [0.1, 0.15) is 24.0 Å². The third-order valence-electron chi connectivity index (χ3n) is 3.81. The van der Waals surface area contributed by atoms with E-state index in [4.69, 9.17) is 0 Å². The van der Waals surface area contributed by atoms with Crippen LogP contribution in [0.5, 0.6) is 0 Å². The van der Waals surface area contributed by atoms with Gasteiger partial charge in [-0.15, -0.1) is 0 Å². The average molecular weight is 292 g/mol. The Labute approximate surface area is 129 Å². The Bertz CT molecular complexity index is 845. The van der Waals surface area contributed by atoms with Gasteiger partial charge in [-0.3, -0.25) is 0 Å². The minimum atomic E-state index is -0.225. The van der Waals surface area contributed by atoms with Crippen molar-refractivity contribution in [3.8, 4) is 0 Å². The minimum Gasteiger partial charge on any atom is -0.345 e. The molecule has 0 aliphatic heterocycles. The number of aromatic amines is 1. The van der Waals surface area contributed by atoms with Crippen LogP contribution in [0.2, 0.25) is 0 Å². The van der Waals surface area contributed by atoms with Gasteiger partial charge in [0, 0.05) is 5.56 Å². The van der Waals surface area contributed by atoms with Gasteiger partial charge in [-0.2, -0.15) is 0 Å². The second-order valence-electron chi connectivity index (χ2n) is 5.32. The van der Waals surface area contributed by atoms with Crippen LogP contribution in [-0.4, -0.2) is 9.97 Å². The van der Waals surface area contributed by atoms with Crippen molar-refractivity contribution in [2.75, 3.05) is 0 Å². The summed E-state index contributed by atoms with van der Waals surface area (Å²) in [6.45, 7) is 8.13. The summed E-state index contributed by atoms with van der Waals surface area (Å²) in [6, 6.07) is 12.7. The predicted molar refractivity (Wildman–Crippen MR) is 89.8 cm³/mol. The first-order valence-corrected chi connectivity index (χ1v) is 7.19. The van der Waals surface area contributed by atoms with Crippen LogP contribution in [0.15, 0.2) is 61.9 Å². The number of halogens is 1. The Morgan fingerprint density at radius 2 is 1.82 bits per heavy atom. The fourth-order valence-corrected chi connectivity index (χ4v) is 2.48. The standard InChI is InChI=1S/C19H17FN2/c1-13(15-9-10-18-19(11-15)22-12-21-18)7-8-14(2)16-5-3-4-6-17(16)20/h3-6,9-12H,1-2,7-8H2,(H,21,22). The van der Waals surface area contributed by atoms with E-state index in [1.807, 2.05) is 24.3 Å². The van der Waals surface area contributed by atoms with Crippen LogP contribution in [0, 0.1) is 5.82 Å². The fraction of sp³-hybridized carbons (Fsp3) is 0.105. The molecule has 1 heterocycles. The normalized spacial score (nSPS) is 10.8. The molecule has 0 bridgehead atoms. The average Bonchev–Trinajstić information content (AvgIpc) is 3.00. The summed E-state index contributed by atoms with van der Waals surface area (Å²) in [5, 5.41) is 0. The van der Waals surface area contributed by atoms with Crippen molar-refractivity contribution in [2.24, 2.45) is 0 Å². The molecule has 3 rings (SSSR count). The SMILES string of the molecule is C=C(CCC(=C)c1ccccc1F)c1ccc2nc[nH]c2c1. The van der Waals surface area contributed by atoms with E-state index in [1.54, 1.807) is 18.5 Å². The number of nitrogens with one attached hydrogen (secondary N) is 1. The first-order chi connectivity index (χ1) is 10.6. The van der Waals surface area contributed by atoms with Crippen LogP contribution in [0.3, 0.4) is 0 Å². The monoisotopic (exact) mass is 292 g/mol. The zero-order valence-electron chi connectivity index (χ0n) is 12.3. The minimum absolute atomic E-state index is 0.225. The second kappa shape index (κ2) is 5.98. The van der Waals surface area contributed by atoms with Gasteiger partial charge in [0.25, 0.3) is 0 Å². The first-order valence-electron chi connectivity index (χ1n) is 7.19. The number of fused-ring (bicyclic) bond motifs is 1. The number of benzene rings is 2. The Kier molecular flexibility index (Phi) is 3.88. The highest BCUT2D eigenvalue weighted by molar-refractivity contribution is 5.80. The molecule has 0 aliphatic rings. The number of nitrogens with zero attached hydrogens (tertiary/aromatic N) is 1. The number of H-pyrrole nitrogens is 1. The fourth-order valence-electron chi connectivity index (χ4n) is 2.48. The highest BCUT2D eigenvalue weighted by Crippen LogP contribution is 2.27. The molecule has 0 saturated carbocycles. The molecular weight excluding hydrogens is 275 g/mol. The number of allylic oxidation sites excluding steroid dienone is 2. The molecule has 0 saturated heterocycles. The number of imidazole rings is 1. The van der Waals surface area contributed by atoms with E-state index in [9.17, 15) is 4.39 Å². The lowest BCUT2D eigenvalue weighted by Crippen LogP contribution is -1.90. The molecule has 3 aromatic rings. The third kappa shape index (κ3) is 2.84. The van der Waals surface area contributed by atoms with E-state index in [0.717, 1.165) is 34.2 Å². The lowest BCUT2D eigenvalue weighted by Gasteiger charge is -2.09. The Balaban J connectivity index is 1.69. The molecular formula is C19H17FN2. The van der Waals surface area contributed by atoms with E-state index < -0.39 is 0 Å². The number of rotatable bonds is 5. The summed E-state index contributed by atoms with van der Waals surface area (Å²) in [6.07, 6.45) is 3.10. The first kappa shape index (κ1) is 14.3. The van der Waals surface area contributed by atoms with Crippen LogP contribution in [-0.2, 0) is 0 Å². The quantitative estimate of drug-likeness (QED) is 0.687. The van der Waals surface area contributed by atoms with Crippen molar-refractivity contribution >= 4 is 22.2 Å². The van der Waals surface area contributed by atoms with E-state index in [2.05, 4.69) is 23.1 Å². The molecule has 0 amide bonds. The van der Waals surface area contributed by atoms with Gasteiger partial charge < -0.3 is 4.98 Å². The van der Waals surface area contributed by atoms with Crippen LogP contribution in [0.25, 0.3) is 22.2 Å². The van der Waals surface area contributed by atoms with Crippen molar-refractivity contribution in [3.05, 3.63) is 78.9 Å². The molecule has 0 fully saturated rings. The molecule has 0 unspecified atom stereocenters. The lowest BCUT2D eigenvalue weighted by molar-refractivity contribution is 0.623. The molecule has 2 aromatic carbocycles. The topological polar surface area (TPSA) is 28.7 Å². The van der Waals surface area contributed by atoms with Crippen molar-refractivity contribution < 1.29 is 4.39 Å². The van der Waals surface area contributed by atoms with E-state index >= 15 is 0 Å². The number of hydrogen-bond donors (Lipinski definition) is 1. The van der Waals surface area contributed by atoms with E-state index in [0.29, 0.717) is 12.0 Å². The largest absolute Gasteiger partial charge is 0.345 e. The van der Waals surface area contributed by atoms with Gasteiger partial charge in [0.05, 0.1) is 17.4 Å². The summed E-state index contributed by atoms with van der Waals surface area (Å²) in [5.74, 6) is -0.225. The summed E-state index contributed by atoms with van der Waals surface area (Å²) in [4.78, 5) is 7.30. The van der Waals surface area contributed by atoms with Crippen molar-refractivity contribution in [2.45, 2.75) is 12.8 Å². The molecule has 0 spiro atoms. The molecule has 110 valence electrons. The van der Waals surface area contributed by atoms with Crippen LogP contribution in [0.4, 0.5) is 4.39 Å². The molecule has 2 nitrogen and oxygen atoms in total. The van der Waals surface area contributed by atoms with Crippen molar-refractivity contribution in [1.82, 2.24) is 9.97 Å². The maximum Gasteiger partial charge on any atom is 0.130 e. The molecule has 3 heteroatoms. The summed E-state index contributed by atoms with van der Waals surface area (Å²) < 4.78 is 13.7. The van der Waals surface area contributed by atoms with Gasteiger partial charge in [-0.05, 0) is 47.8 Å². The van der Waals surface area contributed by atoms with Gasteiger partial charge in [-0.25, -0.2) is 9.37 Å². The Morgan fingerprint density at radius 3 is 2.64 bits per heavy atom. The van der Waals surface area contributed by atoms with E-state index in [-0.39, 0.29) is 5.82 Å². The van der Waals surface area contributed by atoms with Crippen LogP contribution < -0.4 is 0 Å². The summed E-state index contributed by atoms with van der Waals surface area (Å²) in [7, 11) is 0. The second-order valence-corrected chi connectivity index (χ2v) is 5.32. The highest BCUT2D eigenvalue weighted by Gasteiger charge is 2.07. The maximum atomic E-state index is 13.7. The Hall–Kier alpha value is -2.68. The summed E-state index contributed by atoms with van der Waals surface area (Å²) >= 11 is 0. The Morgan fingerprint density at radius 1 is 1.05 bits per heavy atom. The van der Waals surface area contributed by atoms with E-state index in [1.165, 1.54) is 6.07 Å². The zero-order chi connectivity index (χ0) is 15.5. The highest BCUT2D eigenvalue weighted by atomic mass is 19.1. The van der Waals surface area contributed by atoms with Gasteiger partial charge in [-0.1, -0.05) is 37.4 Å². The lowest BCUT2D eigenvalue weighted by atomic mass is 9.96. The maximum absolute atomic E-state index is 13.7. The van der Waals surface area contributed by atoms with Gasteiger partial charge in [0.15, 0.2) is 0 Å². The van der Waals surface area contributed by atoms with Gasteiger partial charge in [0.1, 0.15) is 5.82 Å². The molecule has 0 radical (unpaired) electrons. The van der Waals surface area contributed by atoms with Crippen LogP contribution >= 0.6 is 0 Å². The molecule has 22 heavy (non-hydrogen) atoms. The smallest absolute Gasteiger partial charge is 0.130 e. The van der Waals surface area contributed by atoms with Crippen molar-refractivity contribution in [3.63, 3.8) is 0 Å². The molecule has 1 N–H and O–H groups in total. The summed E-state index contributed by atoms with van der Waals surface area (Å²) in [5.41, 5.74) is 5.38. The predicted octanol–water partition coefficient (Wildman–Crippen LogP) is 5.21. The van der Waals surface area contributed by atoms with Gasteiger partial charge in [0.2, 0.25) is 0 Å². The van der Waals surface area contributed by atoms with Gasteiger partial charge >= 0.3 is 0 Å². The number of hydrogen-bond acceptors (Lipinski definition) is 1.